The quantitative estimate of drug-likeness (QED) is 0.334. The maximum Gasteiger partial charge on any atom is 0.141 e. The van der Waals surface area contributed by atoms with Gasteiger partial charge in [-0.25, -0.2) is 0 Å². The van der Waals surface area contributed by atoms with Gasteiger partial charge in [0.2, 0.25) is 0 Å². The van der Waals surface area contributed by atoms with Gasteiger partial charge >= 0.3 is 0 Å². The molecule has 15 heavy (non-hydrogen) atoms. The van der Waals surface area contributed by atoms with Crippen LogP contribution in [0.3, 0.4) is 0 Å². The van der Waals surface area contributed by atoms with Crippen LogP contribution in [0, 0.1) is 0 Å². The van der Waals surface area contributed by atoms with E-state index in [1.807, 2.05) is 13.8 Å². The molecule has 0 heterocycles. The summed E-state index contributed by atoms with van der Waals surface area (Å²) in [5.74, 6) is 0. The van der Waals surface area contributed by atoms with Gasteiger partial charge in [-0.15, -0.1) is 0 Å². The molecule has 0 N–H and O–H groups in total. The second kappa shape index (κ2) is 8.27. The summed E-state index contributed by atoms with van der Waals surface area (Å²) in [5, 5.41) is 0. The van der Waals surface area contributed by atoms with Gasteiger partial charge in [0.05, 0.1) is 10.2 Å². The molecule has 0 fully saturated rings. The highest BCUT2D eigenvalue weighted by Gasteiger charge is 2.23. The van der Waals surface area contributed by atoms with Crippen LogP contribution in [0.5, 0.6) is 0 Å². The highest BCUT2D eigenvalue weighted by Crippen LogP contribution is 2.17. The Morgan fingerprint density at radius 2 is 1.60 bits per heavy atom. The van der Waals surface area contributed by atoms with E-state index in [1.165, 1.54) is 12.8 Å². The number of ether oxygens (including phenoxy) is 2. The third-order valence-electron chi connectivity index (χ3n) is 2.39. The normalized spacial score (nSPS) is 12.6. The van der Waals surface area contributed by atoms with Crippen molar-refractivity contribution in [2.75, 3.05) is 33.9 Å². The van der Waals surface area contributed by atoms with Crippen LogP contribution in [0.2, 0.25) is 0 Å². The molecule has 0 atom stereocenters. The van der Waals surface area contributed by atoms with E-state index in [1.54, 1.807) is 0 Å². The van der Waals surface area contributed by atoms with Crippen molar-refractivity contribution in [1.82, 2.24) is 4.90 Å². The predicted molar refractivity (Wildman–Crippen MR) is 68.3 cm³/mol. The number of hydrogen-bond donors (Lipinski definition) is 0. The van der Waals surface area contributed by atoms with Crippen LogP contribution in [-0.4, -0.2) is 54.4 Å². The Labute approximate surface area is 97.5 Å². The van der Waals surface area contributed by atoms with Gasteiger partial charge in [-0.05, 0) is 53.8 Å². The molecule has 0 rings (SSSR count). The first-order valence-electron chi connectivity index (χ1n) is 5.96. The Morgan fingerprint density at radius 3 is 2.00 bits per heavy atom. The van der Waals surface area contributed by atoms with Crippen LogP contribution >= 0.6 is 0 Å². The summed E-state index contributed by atoms with van der Waals surface area (Å²) in [4.78, 5) is 2.22. The first kappa shape index (κ1) is 15.1. The summed E-state index contributed by atoms with van der Waals surface area (Å²) in [5.41, 5.74) is -0.240. The molecule has 0 aliphatic carbocycles. The van der Waals surface area contributed by atoms with E-state index in [-0.39, 0.29) is 5.41 Å². The molecule has 0 saturated heterocycles. The summed E-state index contributed by atoms with van der Waals surface area (Å²) in [6.45, 7) is 6.71. The zero-order chi connectivity index (χ0) is 11.7. The monoisotopic (exact) mass is 233 g/mol. The molecule has 0 bridgehead atoms. The fraction of sp³-hybridized carbons (Fsp3) is 1.00. The first-order chi connectivity index (χ1) is 7.04. The second-order valence-electron chi connectivity index (χ2n) is 4.26. The third kappa shape index (κ3) is 7.96. The lowest BCUT2D eigenvalue weighted by Gasteiger charge is -2.29. The van der Waals surface area contributed by atoms with Crippen LogP contribution in [0.1, 0.15) is 33.1 Å². The SMILES string of the molecule is CCOC([SiH3])(CCCCN(C)C)OCC. The van der Waals surface area contributed by atoms with E-state index in [0.29, 0.717) is 0 Å². The van der Waals surface area contributed by atoms with Gasteiger partial charge in [0.15, 0.2) is 0 Å². The zero-order valence-corrected chi connectivity index (χ0v) is 13.0. The van der Waals surface area contributed by atoms with E-state index in [4.69, 9.17) is 9.47 Å². The van der Waals surface area contributed by atoms with Crippen LogP contribution in [-0.2, 0) is 9.47 Å². The van der Waals surface area contributed by atoms with Gasteiger partial charge in [0.25, 0.3) is 0 Å². The number of nitrogens with zero attached hydrogens (tertiary/aromatic N) is 1. The average Bonchev–Trinajstić information content (AvgIpc) is 2.13. The minimum Gasteiger partial charge on any atom is -0.355 e. The first-order valence-corrected chi connectivity index (χ1v) is 6.96. The van der Waals surface area contributed by atoms with Crippen molar-refractivity contribution in [3.8, 4) is 0 Å². The number of hydrogen-bond acceptors (Lipinski definition) is 3. The van der Waals surface area contributed by atoms with E-state index in [9.17, 15) is 0 Å². The second-order valence-corrected chi connectivity index (χ2v) is 5.78. The topological polar surface area (TPSA) is 21.7 Å². The summed E-state index contributed by atoms with van der Waals surface area (Å²) >= 11 is 0. The molecular weight excluding hydrogens is 206 g/mol. The van der Waals surface area contributed by atoms with Crippen LogP contribution in [0.25, 0.3) is 0 Å². The molecule has 0 unspecified atom stereocenters. The van der Waals surface area contributed by atoms with Crippen LogP contribution < -0.4 is 0 Å². The highest BCUT2D eigenvalue weighted by molar-refractivity contribution is 6.13. The molecule has 0 aliphatic rings. The van der Waals surface area contributed by atoms with Crippen molar-refractivity contribution in [3.05, 3.63) is 0 Å². The van der Waals surface area contributed by atoms with Crippen molar-refractivity contribution < 1.29 is 9.47 Å². The maximum absolute atomic E-state index is 5.70. The molecule has 92 valence electrons. The fourth-order valence-electron chi connectivity index (χ4n) is 1.67. The smallest absolute Gasteiger partial charge is 0.141 e. The van der Waals surface area contributed by atoms with E-state index < -0.39 is 0 Å². The lowest BCUT2D eigenvalue weighted by Crippen LogP contribution is -2.36. The summed E-state index contributed by atoms with van der Waals surface area (Å²) in [6, 6.07) is 0. The lowest BCUT2D eigenvalue weighted by molar-refractivity contribution is -0.177. The van der Waals surface area contributed by atoms with Crippen LogP contribution in [0.15, 0.2) is 0 Å². The molecule has 0 aromatic carbocycles. The molecule has 0 amide bonds. The van der Waals surface area contributed by atoms with Gasteiger partial charge in [-0.3, -0.25) is 0 Å². The molecule has 0 spiro atoms. The number of unbranched alkanes of at least 4 members (excludes halogenated alkanes) is 1. The van der Waals surface area contributed by atoms with Crippen LogP contribution in [0.4, 0.5) is 0 Å². The summed E-state index contributed by atoms with van der Waals surface area (Å²) in [7, 11) is 5.16. The van der Waals surface area contributed by atoms with E-state index in [0.717, 1.165) is 36.4 Å². The number of rotatable bonds is 9. The van der Waals surface area contributed by atoms with Gasteiger partial charge in [0, 0.05) is 13.2 Å². The van der Waals surface area contributed by atoms with Crippen molar-refractivity contribution in [3.63, 3.8) is 0 Å². The standard InChI is InChI=1S/C11H27NO2Si/c1-5-13-11(15,14-6-2)9-7-8-10-12(3)4/h5-10H2,1-4,15H3. The molecule has 0 saturated carbocycles. The van der Waals surface area contributed by atoms with Crippen molar-refractivity contribution >= 4 is 10.2 Å². The summed E-state index contributed by atoms with van der Waals surface area (Å²) in [6.07, 6.45) is 3.44. The van der Waals surface area contributed by atoms with E-state index >= 15 is 0 Å². The zero-order valence-electron chi connectivity index (χ0n) is 11.0. The minimum absolute atomic E-state index is 0.240. The third-order valence-corrected chi connectivity index (χ3v) is 3.46. The molecule has 0 aliphatic heterocycles. The Hall–Kier alpha value is 0.0969. The maximum atomic E-state index is 5.70. The highest BCUT2D eigenvalue weighted by atomic mass is 28.1. The Balaban J connectivity index is 3.75. The van der Waals surface area contributed by atoms with Crippen molar-refractivity contribution in [2.24, 2.45) is 0 Å². The Kier molecular flexibility index (Phi) is 8.33. The van der Waals surface area contributed by atoms with Crippen molar-refractivity contribution in [2.45, 2.75) is 38.5 Å². The minimum atomic E-state index is -0.240. The molecule has 0 aromatic rings. The largest absolute Gasteiger partial charge is 0.355 e. The van der Waals surface area contributed by atoms with Gasteiger partial charge in [0.1, 0.15) is 5.41 Å². The molecule has 0 radical (unpaired) electrons. The fourth-order valence-corrected chi connectivity index (χ4v) is 2.60. The van der Waals surface area contributed by atoms with Gasteiger partial charge < -0.3 is 14.4 Å². The Morgan fingerprint density at radius 1 is 1.07 bits per heavy atom. The predicted octanol–water partition coefficient (Wildman–Crippen LogP) is 0.810. The van der Waals surface area contributed by atoms with Crippen molar-refractivity contribution in [1.29, 1.82) is 0 Å². The summed E-state index contributed by atoms with van der Waals surface area (Å²) < 4.78 is 11.4. The molecule has 4 heteroatoms. The molecular formula is C11H27NO2Si. The van der Waals surface area contributed by atoms with Gasteiger partial charge in [-0.1, -0.05) is 0 Å². The molecule has 0 aromatic heterocycles. The average molecular weight is 233 g/mol. The van der Waals surface area contributed by atoms with Gasteiger partial charge in [-0.2, -0.15) is 0 Å². The lowest BCUT2D eigenvalue weighted by atomic mass is 10.2. The molecule has 3 nitrogen and oxygen atoms in total. The Bertz CT molecular complexity index is 148. The van der Waals surface area contributed by atoms with E-state index in [2.05, 4.69) is 19.0 Å².